The first kappa shape index (κ1) is 20.4. The van der Waals surface area contributed by atoms with E-state index in [-0.39, 0.29) is 18.4 Å². The molecule has 0 aliphatic carbocycles. The molecule has 0 unspecified atom stereocenters. The molecular formula is C24H22N4O2S. The van der Waals surface area contributed by atoms with Crippen molar-refractivity contribution in [2.45, 2.75) is 6.10 Å². The molecule has 0 saturated heterocycles. The molecule has 2 amide bonds. The largest absolute Gasteiger partial charge is 0.483 e. The number of thiophene rings is 1. The van der Waals surface area contributed by atoms with E-state index >= 15 is 0 Å². The minimum absolute atomic E-state index is 0.0333. The highest BCUT2D eigenvalue weighted by Crippen LogP contribution is 2.35. The van der Waals surface area contributed by atoms with Crippen LogP contribution in [0.2, 0.25) is 0 Å². The van der Waals surface area contributed by atoms with Crippen LogP contribution in [0.4, 0.5) is 10.5 Å². The molecule has 156 valence electrons. The summed E-state index contributed by atoms with van der Waals surface area (Å²) in [6.45, 7) is 0.281. The summed E-state index contributed by atoms with van der Waals surface area (Å²) < 4.78 is 7.35. The van der Waals surface area contributed by atoms with Crippen molar-refractivity contribution in [2.75, 3.05) is 11.9 Å². The molecule has 1 heterocycles. The molecular weight excluding hydrogens is 408 g/mol. The van der Waals surface area contributed by atoms with Crippen molar-refractivity contribution in [1.82, 2.24) is 5.32 Å². The summed E-state index contributed by atoms with van der Waals surface area (Å²) in [6, 6.07) is 26.4. The summed E-state index contributed by atoms with van der Waals surface area (Å²) in [7, 11) is 0. The van der Waals surface area contributed by atoms with Gasteiger partial charge in [-0.2, -0.15) is 0 Å². The Labute approximate surface area is 184 Å². The molecule has 4 rings (SSSR count). The van der Waals surface area contributed by atoms with Gasteiger partial charge in [-0.15, -0.1) is 11.3 Å². The number of fused-ring (bicyclic) bond motifs is 1. The fourth-order valence-electron chi connectivity index (χ4n) is 3.20. The van der Waals surface area contributed by atoms with E-state index in [4.69, 9.17) is 15.9 Å². The molecule has 0 bridgehead atoms. The Morgan fingerprint density at radius 3 is 2.42 bits per heavy atom. The van der Waals surface area contributed by atoms with E-state index in [9.17, 15) is 4.79 Å². The number of benzene rings is 3. The van der Waals surface area contributed by atoms with E-state index in [1.54, 1.807) is 0 Å². The highest BCUT2D eigenvalue weighted by Gasteiger charge is 2.17. The molecule has 4 aromatic rings. The summed E-state index contributed by atoms with van der Waals surface area (Å²) in [5, 5.41) is 14.3. The summed E-state index contributed by atoms with van der Waals surface area (Å²) >= 11 is 1.45. The maximum atomic E-state index is 12.4. The van der Waals surface area contributed by atoms with Crippen molar-refractivity contribution in [2.24, 2.45) is 5.73 Å². The lowest BCUT2D eigenvalue weighted by Crippen LogP contribution is -2.34. The number of carbonyl (C=O) groups is 1. The fourth-order valence-corrected chi connectivity index (χ4v) is 4.14. The highest BCUT2D eigenvalue weighted by atomic mass is 32.1. The predicted molar refractivity (Wildman–Crippen MR) is 126 cm³/mol. The lowest BCUT2D eigenvalue weighted by atomic mass is 10.1. The zero-order valence-electron chi connectivity index (χ0n) is 16.7. The van der Waals surface area contributed by atoms with Crippen LogP contribution in [0.15, 0.2) is 84.9 Å². The van der Waals surface area contributed by atoms with Crippen molar-refractivity contribution < 1.29 is 9.53 Å². The van der Waals surface area contributed by atoms with Gasteiger partial charge in [0.05, 0.1) is 11.4 Å². The molecule has 31 heavy (non-hydrogen) atoms. The van der Waals surface area contributed by atoms with Gasteiger partial charge in [-0.25, -0.2) is 4.79 Å². The minimum Gasteiger partial charge on any atom is -0.483 e. The van der Waals surface area contributed by atoms with Gasteiger partial charge in [0.25, 0.3) is 0 Å². The number of amidine groups is 1. The number of nitrogens with two attached hydrogens (primary N) is 1. The third-order valence-electron chi connectivity index (χ3n) is 4.71. The summed E-state index contributed by atoms with van der Waals surface area (Å²) in [5.41, 5.74) is 7.33. The van der Waals surface area contributed by atoms with Gasteiger partial charge < -0.3 is 21.1 Å². The Balaban J connectivity index is 1.54. The standard InChI is InChI=1S/C24H22N4O2S/c25-23(26)22-14-18-19(12-7-13-21(18)31-22)30-20(16-8-3-1-4-9-16)15-27-24(29)28-17-10-5-2-6-11-17/h1-14,20H,15H2,(H3,25,26)(H2,27,28,29)/t20-/m0/s1. The molecule has 0 spiro atoms. The number of ether oxygens (including phenoxy) is 1. The number of rotatable bonds is 7. The quantitative estimate of drug-likeness (QED) is 0.242. The van der Waals surface area contributed by atoms with Crippen LogP contribution in [0.25, 0.3) is 10.1 Å². The first-order valence-corrected chi connectivity index (χ1v) is 10.6. The molecule has 0 aliphatic heterocycles. The van der Waals surface area contributed by atoms with Crippen LogP contribution in [0, 0.1) is 5.41 Å². The number of carbonyl (C=O) groups excluding carboxylic acids is 1. The van der Waals surface area contributed by atoms with E-state index in [1.165, 1.54) is 11.3 Å². The number of anilines is 1. The molecule has 0 saturated carbocycles. The van der Waals surface area contributed by atoms with Gasteiger partial charge >= 0.3 is 6.03 Å². The maximum absolute atomic E-state index is 12.4. The Bertz CT molecular complexity index is 1190. The van der Waals surface area contributed by atoms with Crippen molar-refractivity contribution in [1.29, 1.82) is 5.41 Å². The molecule has 0 radical (unpaired) electrons. The predicted octanol–water partition coefficient (Wildman–Crippen LogP) is 5.13. The highest BCUT2D eigenvalue weighted by molar-refractivity contribution is 7.20. The van der Waals surface area contributed by atoms with E-state index in [0.29, 0.717) is 10.6 Å². The van der Waals surface area contributed by atoms with Crippen LogP contribution in [0.5, 0.6) is 5.75 Å². The average Bonchev–Trinajstić information content (AvgIpc) is 3.24. The smallest absolute Gasteiger partial charge is 0.319 e. The summed E-state index contributed by atoms with van der Waals surface area (Å²) in [5.74, 6) is 0.714. The Morgan fingerprint density at radius 1 is 1.00 bits per heavy atom. The third-order valence-corrected chi connectivity index (χ3v) is 5.84. The molecule has 0 aliphatic rings. The van der Waals surface area contributed by atoms with E-state index in [1.807, 2.05) is 84.9 Å². The van der Waals surface area contributed by atoms with Gasteiger partial charge in [0.1, 0.15) is 17.7 Å². The number of nitrogens with one attached hydrogen (secondary N) is 3. The zero-order valence-corrected chi connectivity index (χ0v) is 17.5. The van der Waals surface area contributed by atoms with Gasteiger partial charge in [0.15, 0.2) is 0 Å². The van der Waals surface area contributed by atoms with Gasteiger partial charge in [0.2, 0.25) is 0 Å². The fraction of sp³-hybridized carbons (Fsp3) is 0.0833. The molecule has 7 heteroatoms. The van der Waals surface area contributed by atoms with E-state index < -0.39 is 6.10 Å². The second-order valence-electron chi connectivity index (χ2n) is 6.91. The number of urea groups is 1. The van der Waals surface area contributed by atoms with Crippen LogP contribution < -0.4 is 21.1 Å². The Morgan fingerprint density at radius 2 is 1.71 bits per heavy atom. The van der Waals surface area contributed by atoms with Crippen molar-refractivity contribution in [3.8, 4) is 5.75 Å². The summed E-state index contributed by atoms with van der Waals surface area (Å²) in [4.78, 5) is 13.1. The number of hydrogen-bond donors (Lipinski definition) is 4. The average molecular weight is 431 g/mol. The molecule has 3 aromatic carbocycles. The topological polar surface area (TPSA) is 100 Å². The lowest BCUT2D eigenvalue weighted by Gasteiger charge is -2.21. The van der Waals surface area contributed by atoms with Crippen LogP contribution in [-0.2, 0) is 0 Å². The maximum Gasteiger partial charge on any atom is 0.319 e. The normalized spacial score (nSPS) is 11.6. The van der Waals surface area contributed by atoms with Gasteiger partial charge in [0, 0.05) is 15.8 Å². The van der Waals surface area contributed by atoms with Crippen molar-refractivity contribution in [3.05, 3.63) is 95.4 Å². The molecule has 1 aromatic heterocycles. The number of hydrogen-bond acceptors (Lipinski definition) is 4. The molecule has 1 atom stereocenters. The van der Waals surface area contributed by atoms with Crippen LogP contribution in [-0.4, -0.2) is 18.4 Å². The molecule has 0 fully saturated rings. The van der Waals surface area contributed by atoms with Crippen molar-refractivity contribution in [3.63, 3.8) is 0 Å². The van der Waals surface area contributed by atoms with Crippen LogP contribution in [0.1, 0.15) is 16.5 Å². The first-order chi connectivity index (χ1) is 15.1. The zero-order chi connectivity index (χ0) is 21.6. The number of amides is 2. The SMILES string of the molecule is N=C(N)c1cc2c(O[C@@H](CNC(=O)Nc3ccccc3)c3ccccc3)cccc2s1. The lowest BCUT2D eigenvalue weighted by molar-refractivity contribution is 0.201. The number of nitrogen functional groups attached to an aromatic ring is 1. The third kappa shape index (κ3) is 5.02. The second kappa shape index (κ2) is 9.32. The Kier molecular flexibility index (Phi) is 6.14. The minimum atomic E-state index is -0.394. The Hall–Kier alpha value is -3.84. The van der Waals surface area contributed by atoms with E-state index in [2.05, 4.69) is 10.6 Å². The van der Waals surface area contributed by atoms with Crippen LogP contribution >= 0.6 is 11.3 Å². The van der Waals surface area contributed by atoms with Gasteiger partial charge in [-0.05, 0) is 35.9 Å². The van der Waals surface area contributed by atoms with Gasteiger partial charge in [-0.1, -0.05) is 54.6 Å². The second-order valence-corrected chi connectivity index (χ2v) is 7.99. The molecule has 5 N–H and O–H groups in total. The first-order valence-electron chi connectivity index (χ1n) is 9.78. The van der Waals surface area contributed by atoms with Crippen LogP contribution in [0.3, 0.4) is 0 Å². The van der Waals surface area contributed by atoms with Crippen molar-refractivity contribution >= 4 is 39.0 Å². The van der Waals surface area contributed by atoms with Gasteiger partial charge in [-0.3, -0.25) is 5.41 Å². The van der Waals surface area contributed by atoms with E-state index in [0.717, 1.165) is 21.3 Å². The summed E-state index contributed by atoms with van der Waals surface area (Å²) in [6.07, 6.45) is -0.394. The number of para-hydroxylation sites is 1. The monoisotopic (exact) mass is 430 g/mol. The molecule has 6 nitrogen and oxygen atoms in total.